The summed E-state index contributed by atoms with van der Waals surface area (Å²) in [5.41, 5.74) is 2.50. The van der Waals surface area contributed by atoms with Crippen molar-refractivity contribution in [1.29, 1.82) is 0 Å². The van der Waals surface area contributed by atoms with Gasteiger partial charge in [0.1, 0.15) is 0 Å². The first-order valence-corrected chi connectivity index (χ1v) is 5.36. The van der Waals surface area contributed by atoms with Gasteiger partial charge >= 0.3 is 6.18 Å². The maximum Gasteiger partial charge on any atom is 0.415 e. The molecule has 8 heteroatoms. The second kappa shape index (κ2) is 4.01. The van der Waals surface area contributed by atoms with Gasteiger partial charge in [-0.05, 0) is 13.2 Å². The number of rotatable bonds is 3. The number of thioether (sulfide) groups is 1. The molecule has 1 rings (SSSR count). The minimum absolute atomic E-state index is 0.207. The third-order valence-electron chi connectivity index (χ3n) is 1.77. The number of nitrogens with zero attached hydrogens (tertiary/aromatic N) is 2. The summed E-state index contributed by atoms with van der Waals surface area (Å²) in [5.74, 6) is -0.0188. The fraction of sp³-hybridized carbons (Fsp3) is 0.714. The van der Waals surface area contributed by atoms with Crippen molar-refractivity contribution in [2.75, 3.05) is 6.26 Å². The van der Waals surface area contributed by atoms with Crippen LogP contribution in [0.1, 0.15) is 18.6 Å². The van der Waals surface area contributed by atoms with Gasteiger partial charge in [0.25, 0.3) is 5.89 Å². The molecule has 0 aliphatic carbocycles. The van der Waals surface area contributed by atoms with Gasteiger partial charge in [0.15, 0.2) is 11.4 Å². The summed E-state index contributed by atoms with van der Waals surface area (Å²) in [7, 11) is 0. The van der Waals surface area contributed by atoms with Crippen LogP contribution in [0.15, 0.2) is 4.52 Å². The number of aromatic nitrogens is 2. The molecule has 86 valence electrons. The zero-order valence-electron chi connectivity index (χ0n) is 8.13. The van der Waals surface area contributed by atoms with Crippen LogP contribution in [-0.2, 0) is 11.3 Å². The number of halogens is 3. The van der Waals surface area contributed by atoms with Gasteiger partial charge in [-0.3, -0.25) is 0 Å². The first-order valence-electron chi connectivity index (χ1n) is 3.96. The molecule has 1 aromatic rings. The molecular weight excluding hydrogens is 231 g/mol. The molecule has 0 saturated carbocycles. The highest BCUT2D eigenvalue weighted by Gasteiger charge is 2.53. The van der Waals surface area contributed by atoms with Crippen molar-refractivity contribution in [3.05, 3.63) is 11.7 Å². The van der Waals surface area contributed by atoms with Gasteiger partial charge in [-0.2, -0.15) is 29.9 Å². The van der Waals surface area contributed by atoms with Crippen LogP contribution < -0.4 is 5.73 Å². The lowest BCUT2D eigenvalue weighted by molar-refractivity contribution is -0.190. The summed E-state index contributed by atoms with van der Waals surface area (Å²) < 4.78 is 41.9. The van der Waals surface area contributed by atoms with Crippen molar-refractivity contribution in [2.24, 2.45) is 5.73 Å². The Kier molecular flexibility index (Phi) is 3.29. The molecular formula is C7H10F3N3OS. The maximum absolute atomic E-state index is 12.5. The van der Waals surface area contributed by atoms with E-state index in [4.69, 9.17) is 5.73 Å². The quantitative estimate of drug-likeness (QED) is 0.872. The Labute approximate surface area is 88.4 Å². The molecule has 1 unspecified atom stereocenters. The van der Waals surface area contributed by atoms with E-state index in [2.05, 4.69) is 14.7 Å². The van der Waals surface area contributed by atoms with Gasteiger partial charge in [0, 0.05) is 0 Å². The first kappa shape index (κ1) is 12.3. The first-order chi connectivity index (χ1) is 6.79. The summed E-state index contributed by atoms with van der Waals surface area (Å²) in [6.45, 7) is 0.795. The van der Waals surface area contributed by atoms with Crippen molar-refractivity contribution < 1.29 is 17.7 Å². The number of hydrogen-bond donors (Lipinski definition) is 1. The maximum atomic E-state index is 12.5. The molecule has 0 amide bonds. The van der Waals surface area contributed by atoms with Crippen LogP contribution in [-0.4, -0.2) is 22.6 Å². The van der Waals surface area contributed by atoms with Crippen LogP contribution in [0, 0.1) is 0 Å². The fourth-order valence-electron chi connectivity index (χ4n) is 0.774. The molecule has 0 aliphatic rings. The number of nitrogens with two attached hydrogens (primary N) is 1. The van der Waals surface area contributed by atoms with Crippen molar-refractivity contribution in [3.8, 4) is 0 Å². The Balaban J connectivity index is 2.95. The molecule has 1 aromatic heterocycles. The van der Waals surface area contributed by atoms with Crippen LogP contribution in [0.3, 0.4) is 0 Å². The molecule has 2 N–H and O–H groups in total. The third-order valence-corrected chi connectivity index (χ3v) is 2.32. The minimum atomic E-state index is -4.61. The Hall–Kier alpha value is -0.760. The van der Waals surface area contributed by atoms with E-state index in [1.54, 1.807) is 6.26 Å². The molecule has 4 nitrogen and oxygen atoms in total. The van der Waals surface area contributed by atoms with Gasteiger partial charge in [-0.15, -0.1) is 0 Å². The van der Waals surface area contributed by atoms with Gasteiger partial charge in [-0.25, -0.2) is 0 Å². The molecule has 15 heavy (non-hydrogen) atoms. The van der Waals surface area contributed by atoms with Gasteiger partial charge in [-0.1, -0.05) is 5.16 Å². The van der Waals surface area contributed by atoms with Gasteiger partial charge in [0.05, 0.1) is 5.75 Å². The molecule has 0 fully saturated rings. The molecule has 1 atom stereocenters. The number of hydrogen-bond acceptors (Lipinski definition) is 5. The largest absolute Gasteiger partial charge is 0.415 e. The van der Waals surface area contributed by atoms with E-state index in [9.17, 15) is 13.2 Å². The SMILES string of the molecule is CSCc1noc(C(C)(N)C(F)(F)F)n1. The standard InChI is InChI=1S/C7H10F3N3OS/c1-6(11,7(8,9)10)5-12-4(3-15-2)13-14-5/h3,11H2,1-2H3. The van der Waals surface area contributed by atoms with E-state index >= 15 is 0 Å². The lowest BCUT2D eigenvalue weighted by Crippen LogP contribution is -2.48. The Bertz CT molecular complexity index is 336. The van der Waals surface area contributed by atoms with E-state index in [-0.39, 0.29) is 5.82 Å². The molecule has 1 heterocycles. The highest BCUT2D eigenvalue weighted by atomic mass is 32.2. The Morgan fingerprint density at radius 2 is 2.07 bits per heavy atom. The minimum Gasteiger partial charge on any atom is -0.337 e. The number of alkyl halides is 3. The zero-order valence-corrected chi connectivity index (χ0v) is 8.95. The molecule has 0 saturated heterocycles. The molecule has 0 bridgehead atoms. The average molecular weight is 241 g/mol. The highest BCUT2D eigenvalue weighted by Crippen LogP contribution is 2.35. The molecule has 0 radical (unpaired) electrons. The van der Waals surface area contributed by atoms with Crippen molar-refractivity contribution in [3.63, 3.8) is 0 Å². The average Bonchev–Trinajstić information content (AvgIpc) is 2.51. The van der Waals surface area contributed by atoms with E-state index in [0.29, 0.717) is 5.75 Å². The summed E-state index contributed by atoms with van der Waals surface area (Å²) >= 11 is 1.38. The second-order valence-electron chi connectivity index (χ2n) is 3.15. The lowest BCUT2D eigenvalue weighted by Gasteiger charge is -2.22. The van der Waals surface area contributed by atoms with E-state index in [1.165, 1.54) is 11.8 Å². The van der Waals surface area contributed by atoms with Gasteiger partial charge < -0.3 is 10.3 Å². The van der Waals surface area contributed by atoms with Crippen molar-refractivity contribution in [2.45, 2.75) is 24.4 Å². The van der Waals surface area contributed by atoms with Crippen LogP contribution in [0.2, 0.25) is 0 Å². The molecule has 0 aromatic carbocycles. The van der Waals surface area contributed by atoms with Crippen LogP contribution in [0.5, 0.6) is 0 Å². The smallest absolute Gasteiger partial charge is 0.337 e. The summed E-state index contributed by atoms with van der Waals surface area (Å²) in [5, 5.41) is 3.40. The van der Waals surface area contributed by atoms with Crippen LogP contribution >= 0.6 is 11.8 Å². The van der Waals surface area contributed by atoms with Crippen LogP contribution in [0.25, 0.3) is 0 Å². The van der Waals surface area contributed by atoms with Crippen molar-refractivity contribution >= 4 is 11.8 Å². The highest BCUT2D eigenvalue weighted by molar-refractivity contribution is 7.97. The van der Waals surface area contributed by atoms with E-state index in [0.717, 1.165) is 6.92 Å². The lowest BCUT2D eigenvalue weighted by atomic mass is 10.0. The summed E-state index contributed by atoms with van der Waals surface area (Å²) in [4.78, 5) is 3.59. The third kappa shape index (κ3) is 2.43. The van der Waals surface area contributed by atoms with E-state index < -0.39 is 17.6 Å². The summed E-state index contributed by atoms with van der Waals surface area (Å²) in [6, 6.07) is 0. The second-order valence-corrected chi connectivity index (χ2v) is 4.01. The molecule has 0 aliphatic heterocycles. The Morgan fingerprint density at radius 1 is 1.47 bits per heavy atom. The predicted molar refractivity (Wildman–Crippen MR) is 49.1 cm³/mol. The summed E-state index contributed by atoms with van der Waals surface area (Å²) in [6.07, 6.45) is -2.84. The van der Waals surface area contributed by atoms with Crippen molar-refractivity contribution in [1.82, 2.24) is 10.1 Å². The fourth-order valence-corrected chi connectivity index (χ4v) is 1.15. The predicted octanol–water partition coefficient (Wildman–Crippen LogP) is 1.67. The van der Waals surface area contributed by atoms with Crippen LogP contribution in [0.4, 0.5) is 13.2 Å². The molecule has 0 spiro atoms. The monoisotopic (exact) mass is 241 g/mol. The topological polar surface area (TPSA) is 64.9 Å². The Morgan fingerprint density at radius 3 is 2.53 bits per heavy atom. The van der Waals surface area contributed by atoms with E-state index in [1.807, 2.05) is 0 Å². The van der Waals surface area contributed by atoms with Gasteiger partial charge in [0.2, 0.25) is 0 Å². The zero-order chi connectivity index (χ0) is 11.7. The normalized spacial score (nSPS) is 16.4.